The highest BCUT2D eigenvalue weighted by Crippen LogP contribution is 2.29. The highest BCUT2D eigenvalue weighted by Gasteiger charge is 2.31. The molecule has 2 aromatic carbocycles. The molecule has 0 spiro atoms. The Labute approximate surface area is 190 Å². The average Bonchev–Trinajstić information content (AvgIpc) is 2.84. The third-order valence-corrected chi connectivity index (χ3v) is 8.44. The standard InChI is InChI=1S/C24H31N3O4S/c1-2-21(18-28)25-13-15-26(16-14-25)32(30,31)22-10-5-8-20(17-22)24(29)27-12-6-9-19-7-3-4-11-23(19)27/h3-5,7-8,10-11,17,21,28H,2,6,9,12-16,18H2,1H3/t21-/m0/s1. The monoisotopic (exact) mass is 457 g/mol. The van der Waals surface area contributed by atoms with Crippen LogP contribution < -0.4 is 4.90 Å². The number of hydrogen-bond donors (Lipinski definition) is 1. The molecule has 4 rings (SSSR count). The van der Waals surface area contributed by atoms with Gasteiger partial charge in [0.2, 0.25) is 10.0 Å². The first-order valence-corrected chi connectivity index (χ1v) is 12.7. The molecule has 2 aromatic rings. The second-order valence-corrected chi connectivity index (χ2v) is 10.3. The molecule has 1 N–H and O–H groups in total. The molecule has 2 aliphatic heterocycles. The molecule has 1 amide bonds. The molecule has 2 heterocycles. The van der Waals surface area contributed by atoms with Gasteiger partial charge < -0.3 is 10.0 Å². The number of nitrogens with zero attached hydrogens (tertiary/aromatic N) is 3. The summed E-state index contributed by atoms with van der Waals surface area (Å²) in [5.74, 6) is -0.173. The molecule has 0 bridgehead atoms. The van der Waals surface area contributed by atoms with E-state index >= 15 is 0 Å². The van der Waals surface area contributed by atoms with Crippen LogP contribution in [0.5, 0.6) is 0 Å². The van der Waals surface area contributed by atoms with Crippen LogP contribution in [0.2, 0.25) is 0 Å². The van der Waals surface area contributed by atoms with E-state index in [4.69, 9.17) is 0 Å². The molecule has 7 nitrogen and oxygen atoms in total. The number of benzene rings is 2. The van der Waals surface area contributed by atoms with Crippen molar-refractivity contribution in [3.8, 4) is 0 Å². The zero-order valence-corrected chi connectivity index (χ0v) is 19.3. The first-order chi connectivity index (χ1) is 15.5. The second-order valence-electron chi connectivity index (χ2n) is 8.40. The van der Waals surface area contributed by atoms with Crippen LogP contribution in [-0.2, 0) is 16.4 Å². The topological polar surface area (TPSA) is 81.2 Å². The lowest BCUT2D eigenvalue weighted by Gasteiger charge is -2.37. The Morgan fingerprint density at radius 1 is 1.03 bits per heavy atom. The first-order valence-electron chi connectivity index (χ1n) is 11.3. The van der Waals surface area contributed by atoms with E-state index in [-0.39, 0.29) is 23.5 Å². The van der Waals surface area contributed by atoms with Crippen molar-refractivity contribution in [2.45, 2.75) is 37.1 Å². The molecule has 172 valence electrons. The van der Waals surface area contributed by atoms with Gasteiger partial charge in [-0.1, -0.05) is 31.2 Å². The number of aliphatic hydroxyl groups excluding tert-OH is 1. The average molecular weight is 458 g/mol. The molecule has 0 unspecified atom stereocenters. The van der Waals surface area contributed by atoms with Crippen molar-refractivity contribution in [2.24, 2.45) is 0 Å². The molecule has 8 heteroatoms. The quantitative estimate of drug-likeness (QED) is 0.720. The molecule has 1 saturated heterocycles. The summed E-state index contributed by atoms with van der Waals surface area (Å²) in [6.45, 7) is 4.63. The number of carbonyl (C=O) groups is 1. The van der Waals surface area contributed by atoms with Crippen LogP contribution in [0.25, 0.3) is 0 Å². The van der Waals surface area contributed by atoms with E-state index in [1.807, 2.05) is 31.2 Å². The van der Waals surface area contributed by atoms with Crippen LogP contribution in [0.1, 0.15) is 35.7 Å². The summed E-state index contributed by atoms with van der Waals surface area (Å²) in [7, 11) is -3.70. The molecule has 1 fully saturated rings. The van der Waals surface area contributed by atoms with Crippen LogP contribution in [0.4, 0.5) is 5.69 Å². The van der Waals surface area contributed by atoms with Gasteiger partial charge >= 0.3 is 0 Å². The number of piperazine rings is 1. The van der Waals surface area contributed by atoms with Gasteiger partial charge in [0.15, 0.2) is 0 Å². The number of sulfonamides is 1. The number of para-hydroxylation sites is 1. The number of anilines is 1. The Balaban J connectivity index is 1.53. The van der Waals surface area contributed by atoms with E-state index in [0.717, 1.165) is 30.5 Å². The van der Waals surface area contributed by atoms with Crippen molar-refractivity contribution in [1.29, 1.82) is 0 Å². The Kier molecular flexibility index (Phi) is 6.95. The van der Waals surface area contributed by atoms with Crippen molar-refractivity contribution >= 4 is 21.6 Å². The van der Waals surface area contributed by atoms with E-state index in [1.165, 1.54) is 10.4 Å². The normalized spacial score (nSPS) is 18.9. The first kappa shape index (κ1) is 22.9. The molecule has 2 aliphatic rings. The maximum atomic E-state index is 13.3. The maximum absolute atomic E-state index is 13.3. The summed E-state index contributed by atoms with van der Waals surface area (Å²) in [6, 6.07) is 14.3. The molecule has 0 saturated carbocycles. The molecule has 0 aliphatic carbocycles. The molecule has 1 atom stereocenters. The second kappa shape index (κ2) is 9.70. The van der Waals surface area contributed by atoms with Gasteiger partial charge in [0.25, 0.3) is 5.91 Å². The van der Waals surface area contributed by atoms with Crippen LogP contribution in [0.15, 0.2) is 53.4 Å². The van der Waals surface area contributed by atoms with E-state index in [0.29, 0.717) is 38.3 Å². The van der Waals surface area contributed by atoms with Crippen molar-refractivity contribution < 1.29 is 18.3 Å². The molecule has 32 heavy (non-hydrogen) atoms. The number of carbonyl (C=O) groups excluding carboxylic acids is 1. The van der Waals surface area contributed by atoms with E-state index in [1.54, 1.807) is 23.1 Å². The van der Waals surface area contributed by atoms with Gasteiger partial charge in [-0.25, -0.2) is 8.42 Å². The maximum Gasteiger partial charge on any atom is 0.258 e. The minimum Gasteiger partial charge on any atom is -0.395 e. The summed E-state index contributed by atoms with van der Waals surface area (Å²) in [5, 5.41) is 9.52. The SMILES string of the molecule is CC[C@@H](CO)N1CCN(S(=O)(=O)c2cccc(C(=O)N3CCCc4ccccc43)c2)CC1. The van der Waals surface area contributed by atoms with Crippen molar-refractivity contribution in [3.63, 3.8) is 0 Å². The van der Waals surface area contributed by atoms with E-state index in [9.17, 15) is 18.3 Å². The van der Waals surface area contributed by atoms with Crippen LogP contribution >= 0.6 is 0 Å². The van der Waals surface area contributed by atoms with Gasteiger partial charge in [0.1, 0.15) is 0 Å². The number of aryl methyl sites for hydroxylation is 1. The van der Waals surface area contributed by atoms with Gasteiger partial charge in [-0.3, -0.25) is 9.69 Å². The minimum absolute atomic E-state index is 0.0632. The fraction of sp³-hybridized carbons (Fsp3) is 0.458. The third-order valence-electron chi connectivity index (χ3n) is 6.55. The van der Waals surface area contributed by atoms with Gasteiger partial charge in [-0.05, 0) is 49.1 Å². The summed E-state index contributed by atoms with van der Waals surface area (Å²) in [4.78, 5) is 17.3. The van der Waals surface area contributed by atoms with Gasteiger partial charge in [0, 0.05) is 50.0 Å². The van der Waals surface area contributed by atoms with Crippen LogP contribution in [-0.4, -0.2) is 74.0 Å². The van der Waals surface area contributed by atoms with Crippen molar-refractivity contribution in [3.05, 3.63) is 59.7 Å². The minimum atomic E-state index is -3.70. The number of aliphatic hydroxyl groups is 1. The molecular weight excluding hydrogens is 426 g/mol. The lowest BCUT2D eigenvalue weighted by Crippen LogP contribution is -2.52. The predicted octanol–water partition coefficient (Wildman–Crippen LogP) is 2.36. The smallest absolute Gasteiger partial charge is 0.258 e. The van der Waals surface area contributed by atoms with E-state index < -0.39 is 10.0 Å². The Bertz CT molecular complexity index is 1060. The molecular formula is C24H31N3O4S. The predicted molar refractivity (Wildman–Crippen MR) is 124 cm³/mol. The zero-order chi connectivity index (χ0) is 22.7. The Hall–Kier alpha value is -2.26. The summed E-state index contributed by atoms with van der Waals surface area (Å²) >= 11 is 0. The number of amides is 1. The number of hydrogen-bond acceptors (Lipinski definition) is 5. The van der Waals surface area contributed by atoms with Gasteiger partial charge in [-0.15, -0.1) is 0 Å². The fourth-order valence-corrected chi connectivity index (χ4v) is 6.12. The Morgan fingerprint density at radius 2 is 1.78 bits per heavy atom. The lowest BCUT2D eigenvalue weighted by molar-refractivity contribution is 0.0881. The molecule has 0 aromatic heterocycles. The lowest BCUT2D eigenvalue weighted by atomic mass is 10.0. The van der Waals surface area contributed by atoms with Gasteiger partial charge in [-0.2, -0.15) is 4.31 Å². The summed E-state index contributed by atoms with van der Waals surface area (Å²) in [5.41, 5.74) is 2.43. The Morgan fingerprint density at radius 3 is 2.50 bits per heavy atom. The number of rotatable bonds is 6. The van der Waals surface area contributed by atoms with Crippen LogP contribution in [0, 0.1) is 0 Å². The summed E-state index contributed by atoms with van der Waals surface area (Å²) in [6.07, 6.45) is 2.65. The molecule has 0 radical (unpaired) electrons. The highest BCUT2D eigenvalue weighted by molar-refractivity contribution is 7.89. The van der Waals surface area contributed by atoms with Crippen molar-refractivity contribution in [2.75, 3.05) is 44.2 Å². The fourth-order valence-electron chi connectivity index (χ4n) is 4.65. The van der Waals surface area contributed by atoms with Crippen molar-refractivity contribution in [1.82, 2.24) is 9.21 Å². The largest absolute Gasteiger partial charge is 0.395 e. The highest BCUT2D eigenvalue weighted by atomic mass is 32.2. The van der Waals surface area contributed by atoms with Gasteiger partial charge in [0.05, 0.1) is 11.5 Å². The third kappa shape index (κ3) is 4.45. The summed E-state index contributed by atoms with van der Waals surface area (Å²) < 4.78 is 28.1. The van der Waals surface area contributed by atoms with Crippen LogP contribution in [0.3, 0.4) is 0 Å². The van der Waals surface area contributed by atoms with E-state index in [2.05, 4.69) is 4.90 Å². The number of fused-ring (bicyclic) bond motifs is 1. The zero-order valence-electron chi connectivity index (χ0n) is 18.5.